The number of carbonyl (C=O) groups excluding carboxylic acids is 4. The summed E-state index contributed by atoms with van der Waals surface area (Å²) in [6.45, 7) is 2.08. The minimum absolute atomic E-state index is 0.0265. The Bertz CT molecular complexity index is 1990. The molecule has 1 amide bonds. The third kappa shape index (κ3) is 7.36. The van der Waals surface area contributed by atoms with Gasteiger partial charge in [0.15, 0.2) is 0 Å². The topological polar surface area (TPSA) is 126 Å². The van der Waals surface area contributed by atoms with Crippen LogP contribution in [0.25, 0.3) is 22.2 Å². The molecule has 1 N–H and O–H groups in total. The van der Waals surface area contributed by atoms with E-state index in [2.05, 4.69) is 10.3 Å². The van der Waals surface area contributed by atoms with Crippen molar-refractivity contribution in [2.75, 3.05) is 25.1 Å². The number of esters is 3. The van der Waals surface area contributed by atoms with Crippen LogP contribution in [0.15, 0.2) is 103 Å². The summed E-state index contributed by atoms with van der Waals surface area (Å²) in [7, 11) is 0. The monoisotopic (exact) mass is 687 g/mol. The summed E-state index contributed by atoms with van der Waals surface area (Å²) < 4.78 is 56.8. The van der Waals surface area contributed by atoms with Gasteiger partial charge in [0.1, 0.15) is 18.7 Å². The Morgan fingerprint density at radius 2 is 1.38 bits per heavy atom. The second-order valence-electron chi connectivity index (χ2n) is 11.0. The molecule has 258 valence electrons. The van der Waals surface area contributed by atoms with Crippen molar-refractivity contribution in [2.45, 2.75) is 32.0 Å². The van der Waals surface area contributed by atoms with Crippen molar-refractivity contribution in [2.24, 2.45) is 0 Å². The number of carbonyl (C=O) groups is 4. The Labute approximate surface area is 284 Å². The van der Waals surface area contributed by atoms with E-state index in [9.17, 15) is 32.3 Å². The van der Waals surface area contributed by atoms with Crippen molar-refractivity contribution >= 4 is 40.5 Å². The second kappa shape index (κ2) is 15.1. The Hall–Kier alpha value is -5.98. The molecule has 0 unspecified atom stereocenters. The lowest BCUT2D eigenvalue weighted by atomic mass is 9.81. The third-order valence-corrected chi connectivity index (χ3v) is 7.86. The van der Waals surface area contributed by atoms with Crippen LogP contribution in [0.3, 0.4) is 0 Å². The van der Waals surface area contributed by atoms with E-state index in [0.29, 0.717) is 27.8 Å². The molecule has 4 aromatic carbocycles. The summed E-state index contributed by atoms with van der Waals surface area (Å²) in [6, 6.07) is 24.0. The van der Waals surface area contributed by atoms with Gasteiger partial charge in [0.2, 0.25) is 5.41 Å². The lowest BCUT2D eigenvalue weighted by molar-refractivity contribution is -0.170. The molecule has 0 bridgehead atoms. The average Bonchev–Trinajstić information content (AvgIpc) is 3.52. The highest BCUT2D eigenvalue weighted by Crippen LogP contribution is 2.33. The molecular formula is C37H32F3N3O7. The molecule has 0 atom stereocenters. The summed E-state index contributed by atoms with van der Waals surface area (Å²) in [5.74, 6) is -3.17. The number of aromatic nitrogens is 2. The molecule has 0 aliphatic carbocycles. The van der Waals surface area contributed by atoms with Crippen LogP contribution < -0.4 is 5.32 Å². The largest absolute Gasteiger partial charge is 0.465 e. The Kier molecular flexibility index (Phi) is 10.6. The summed E-state index contributed by atoms with van der Waals surface area (Å²) >= 11 is 0. The van der Waals surface area contributed by atoms with Gasteiger partial charge in [-0.1, -0.05) is 66.7 Å². The van der Waals surface area contributed by atoms with Gasteiger partial charge in [0.05, 0.1) is 36.3 Å². The molecule has 1 aromatic heterocycles. The Morgan fingerprint density at radius 3 is 2.02 bits per heavy atom. The molecular weight excluding hydrogens is 655 g/mol. The van der Waals surface area contributed by atoms with Crippen LogP contribution in [-0.4, -0.2) is 53.2 Å². The highest BCUT2D eigenvalue weighted by molar-refractivity contribution is 6.11. The number of benzene rings is 4. The maximum Gasteiger partial charge on any atom is 0.416 e. The van der Waals surface area contributed by atoms with Crippen LogP contribution in [0, 0.1) is 0 Å². The van der Waals surface area contributed by atoms with Gasteiger partial charge >= 0.3 is 24.1 Å². The van der Waals surface area contributed by atoms with E-state index in [-0.39, 0.29) is 30.9 Å². The van der Waals surface area contributed by atoms with E-state index in [1.54, 1.807) is 86.6 Å². The first kappa shape index (κ1) is 35.3. The fraction of sp³-hybridized carbons (Fsp3) is 0.216. The number of rotatable bonds is 12. The number of para-hydroxylation sites is 1. The summed E-state index contributed by atoms with van der Waals surface area (Å²) in [5.41, 5.74) is -0.442. The number of alkyl halides is 3. The van der Waals surface area contributed by atoms with E-state index in [0.717, 1.165) is 12.1 Å². The van der Waals surface area contributed by atoms with Crippen molar-refractivity contribution < 1.29 is 46.6 Å². The number of anilines is 1. The second-order valence-corrected chi connectivity index (χ2v) is 11.0. The first-order valence-corrected chi connectivity index (χ1v) is 15.6. The van der Waals surface area contributed by atoms with Gasteiger partial charge in [0.25, 0.3) is 5.91 Å². The summed E-state index contributed by atoms with van der Waals surface area (Å²) in [5, 5.41) is 2.81. The van der Waals surface area contributed by atoms with E-state index in [4.69, 9.17) is 14.2 Å². The molecule has 0 radical (unpaired) electrons. The van der Waals surface area contributed by atoms with Gasteiger partial charge in [-0.15, -0.1) is 0 Å². The van der Waals surface area contributed by atoms with Gasteiger partial charge in [0, 0.05) is 5.56 Å². The number of ether oxygens (including phenoxy) is 3. The molecule has 0 aliphatic heterocycles. The van der Waals surface area contributed by atoms with Gasteiger partial charge in [-0.2, -0.15) is 13.2 Å². The fourth-order valence-electron chi connectivity index (χ4n) is 5.40. The third-order valence-electron chi connectivity index (χ3n) is 7.86. The molecule has 0 aliphatic rings. The van der Waals surface area contributed by atoms with E-state index >= 15 is 0 Å². The fourth-order valence-corrected chi connectivity index (χ4v) is 5.40. The number of hydrogen-bond acceptors (Lipinski definition) is 8. The first-order chi connectivity index (χ1) is 24.0. The van der Waals surface area contributed by atoms with E-state index in [1.807, 2.05) is 0 Å². The predicted molar refractivity (Wildman–Crippen MR) is 177 cm³/mol. The molecule has 1 heterocycles. The molecule has 5 aromatic rings. The smallest absolute Gasteiger partial charge is 0.416 e. The lowest BCUT2D eigenvalue weighted by Crippen LogP contribution is -2.50. The lowest BCUT2D eigenvalue weighted by Gasteiger charge is -2.29. The molecule has 50 heavy (non-hydrogen) atoms. The van der Waals surface area contributed by atoms with Gasteiger partial charge in [-0.25, -0.2) is 4.98 Å². The summed E-state index contributed by atoms with van der Waals surface area (Å²) in [4.78, 5) is 57.6. The zero-order valence-corrected chi connectivity index (χ0v) is 27.0. The highest BCUT2D eigenvalue weighted by atomic mass is 19.4. The van der Waals surface area contributed by atoms with E-state index < -0.39 is 47.6 Å². The quantitative estimate of drug-likeness (QED) is 0.0886. The minimum atomic E-state index is -4.49. The number of imidazole rings is 1. The number of amides is 1. The van der Waals surface area contributed by atoms with Crippen molar-refractivity contribution in [3.8, 4) is 11.1 Å². The molecule has 10 nitrogen and oxygen atoms in total. The molecule has 0 spiro atoms. The van der Waals surface area contributed by atoms with Crippen LogP contribution in [0.2, 0.25) is 0 Å². The minimum Gasteiger partial charge on any atom is -0.465 e. The predicted octanol–water partition coefficient (Wildman–Crippen LogP) is 6.58. The number of nitrogens with one attached hydrogen (secondary N) is 1. The number of halogens is 3. The normalized spacial score (nSPS) is 11.5. The highest BCUT2D eigenvalue weighted by Gasteiger charge is 2.52. The average molecular weight is 688 g/mol. The van der Waals surface area contributed by atoms with Crippen LogP contribution in [0.1, 0.15) is 35.3 Å². The molecule has 0 saturated carbocycles. The van der Waals surface area contributed by atoms with Crippen LogP contribution >= 0.6 is 0 Å². The van der Waals surface area contributed by atoms with Crippen molar-refractivity contribution in [3.05, 3.63) is 120 Å². The first-order valence-electron chi connectivity index (χ1n) is 15.6. The zero-order chi connectivity index (χ0) is 35.9. The SMILES string of the molecule is CCOC(=O)C(COC(=O)Cn1cnc2c(NC(=O)c3ccccc3-c3ccc(C(F)(F)F)cc3)cccc21)(C(=O)OCC)c1ccccc1. The van der Waals surface area contributed by atoms with Crippen LogP contribution in [0.4, 0.5) is 18.9 Å². The van der Waals surface area contributed by atoms with Crippen molar-refractivity contribution in [3.63, 3.8) is 0 Å². The van der Waals surface area contributed by atoms with Gasteiger partial charge in [-0.3, -0.25) is 19.2 Å². The Balaban J connectivity index is 1.35. The standard InChI is InChI=1S/C37H32F3N3O7/c1-3-48-34(46)36(35(47)49-4-2,25-11-6-5-7-12-25)22-50-31(44)21-43-23-41-32-29(15-10-16-30(32)43)42-33(45)28-14-9-8-13-27(28)24-17-19-26(20-18-24)37(38,39)40/h5-20,23H,3-4,21-22H2,1-2H3,(H,42,45). The van der Waals surface area contributed by atoms with Crippen molar-refractivity contribution in [1.82, 2.24) is 9.55 Å². The summed E-state index contributed by atoms with van der Waals surface area (Å²) in [6.07, 6.45) is -3.12. The Morgan fingerprint density at radius 1 is 0.740 bits per heavy atom. The van der Waals surface area contributed by atoms with Crippen LogP contribution in [0.5, 0.6) is 0 Å². The molecule has 5 rings (SSSR count). The molecule has 13 heteroatoms. The van der Waals surface area contributed by atoms with E-state index in [1.165, 1.54) is 23.0 Å². The number of hydrogen-bond donors (Lipinski definition) is 1. The molecule has 0 fully saturated rings. The molecule has 0 saturated heterocycles. The maximum atomic E-state index is 13.5. The van der Waals surface area contributed by atoms with Gasteiger partial charge < -0.3 is 24.1 Å². The zero-order valence-electron chi connectivity index (χ0n) is 27.0. The number of nitrogens with zero attached hydrogens (tertiary/aromatic N) is 2. The van der Waals surface area contributed by atoms with Crippen molar-refractivity contribution in [1.29, 1.82) is 0 Å². The van der Waals surface area contributed by atoms with Gasteiger partial charge in [-0.05, 0) is 60.9 Å². The number of fused-ring (bicyclic) bond motifs is 1. The maximum absolute atomic E-state index is 13.5. The van der Waals surface area contributed by atoms with Crippen LogP contribution in [-0.2, 0) is 46.7 Å².